The van der Waals surface area contributed by atoms with Crippen LogP contribution in [-0.4, -0.2) is 32.2 Å². The predicted octanol–water partition coefficient (Wildman–Crippen LogP) is 3.84. The van der Waals surface area contributed by atoms with E-state index in [4.69, 9.17) is 28.9 Å². The van der Waals surface area contributed by atoms with Crippen molar-refractivity contribution in [2.45, 2.75) is 0 Å². The molecule has 0 fully saturated rings. The lowest BCUT2D eigenvalue weighted by molar-refractivity contribution is 0.0697. The van der Waals surface area contributed by atoms with Crippen molar-refractivity contribution in [2.75, 3.05) is 0 Å². The molecule has 0 spiro atoms. The normalized spacial score (nSPS) is 11.0. The Morgan fingerprint density at radius 1 is 1.29 bits per heavy atom. The van der Waals surface area contributed by atoms with E-state index in [1.54, 1.807) is 30.5 Å². The first-order valence-corrected chi connectivity index (χ1v) is 7.64. The number of hydrogen-bond acceptors (Lipinski definition) is 4. The molecule has 0 amide bonds. The minimum absolute atomic E-state index is 0.215. The van der Waals surface area contributed by atoms with Gasteiger partial charge in [0.2, 0.25) is 4.77 Å². The molecule has 120 valence electrons. The van der Waals surface area contributed by atoms with E-state index >= 15 is 0 Å². The van der Waals surface area contributed by atoms with Crippen LogP contribution in [0.1, 0.15) is 15.9 Å². The highest BCUT2D eigenvalue weighted by molar-refractivity contribution is 7.71. The van der Waals surface area contributed by atoms with Crippen LogP contribution in [0.15, 0.2) is 53.6 Å². The number of carboxylic acids is 1. The van der Waals surface area contributed by atoms with Crippen molar-refractivity contribution >= 4 is 36.0 Å². The summed E-state index contributed by atoms with van der Waals surface area (Å²) < 4.78 is 1.81. The highest BCUT2D eigenvalue weighted by atomic mass is 35.5. The first-order valence-electron chi connectivity index (χ1n) is 6.85. The van der Waals surface area contributed by atoms with Gasteiger partial charge in [0.05, 0.1) is 11.8 Å². The monoisotopic (exact) mass is 358 g/mol. The SMILES string of the molecule is O=C(O)c1ccc(/C=N\n2c(-c3cccc(Cl)c3)n[nH]c2=S)cc1. The molecule has 24 heavy (non-hydrogen) atoms. The Labute approximate surface area is 147 Å². The summed E-state index contributed by atoms with van der Waals surface area (Å²) in [5, 5.41) is 20.7. The molecule has 0 bridgehead atoms. The molecule has 0 saturated heterocycles. The second-order valence-electron chi connectivity index (χ2n) is 4.85. The topological polar surface area (TPSA) is 83.3 Å². The summed E-state index contributed by atoms with van der Waals surface area (Å²) in [6.45, 7) is 0. The average molecular weight is 359 g/mol. The Kier molecular flexibility index (Phi) is 4.54. The number of halogens is 1. The summed E-state index contributed by atoms with van der Waals surface area (Å²) in [5.74, 6) is -0.445. The number of H-pyrrole nitrogens is 1. The van der Waals surface area contributed by atoms with Gasteiger partial charge in [0, 0.05) is 10.6 Å². The van der Waals surface area contributed by atoms with Crippen molar-refractivity contribution in [1.82, 2.24) is 14.9 Å². The maximum atomic E-state index is 10.9. The third-order valence-electron chi connectivity index (χ3n) is 3.21. The molecule has 0 saturated carbocycles. The van der Waals surface area contributed by atoms with Crippen molar-refractivity contribution in [2.24, 2.45) is 5.10 Å². The van der Waals surface area contributed by atoms with Crippen LogP contribution in [0.2, 0.25) is 5.02 Å². The molecule has 1 aromatic heterocycles. The lowest BCUT2D eigenvalue weighted by Crippen LogP contribution is -1.97. The zero-order valence-electron chi connectivity index (χ0n) is 12.2. The van der Waals surface area contributed by atoms with E-state index in [9.17, 15) is 4.79 Å². The summed E-state index contributed by atoms with van der Waals surface area (Å²) in [4.78, 5) is 10.9. The van der Waals surface area contributed by atoms with Gasteiger partial charge in [-0.1, -0.05) is 35.9 Å². The highest BCUT2D eigenvalue weighted by Gasteiger charge is 2.08. The molecular weight excluding hydrogens is 348 g/mol. The van der Waals surface area contributed by atoms with E-state index in [-0.39, 0.29) is 5.56 Å². The van der Waals surface area contributed by atoms with Gasteiger partial charge in [0.15, 0.2) is 5.82 Å². The van der Waals surface area contributed by atoms with Crippen LogP contribution in [0.3, 0.4) is 0 Å². The fraction of sp³-hybridized carbons (Fsp3) is 0. The molecule has 8 heteroatoms. The second-order valence-corrected chi connectivity index (χ2v) is 5.67. The molecule has 1 heterocycles. The molecule has 0 aliphatic carbocycles. The highest BCUT2D eigenvalue weighted by Crippen LogP contribution is 2.21. The van der Waals surface area contributed by atoms with E-state index < -0.39 is 5.97 Å². The summed E-state index contributed by atoms with van der Waals surface area (Å²) in [7, 11) is 0. The lowest BCUT2D eigenvalue weighted by atomic mass is 10.1. The number of hydrogen-bond donors (Lipinski definition) is 2. The van der Waals surface area contributed by atoms with E-state index in [2.05, 4.69) is 15.3 Å². The van der Waals surface area contributed by atoms with Gasteiger partial charge in [-0.3, -0.25) is 0 Å². The molecule has 3 rings (SSSR count). The van der Waals surface area contributed by atoms with Gasteiger partial charge in [-0.15, -0.1) is 0 Å². The zero-order valence-corrected chi connectivity index (χ0v) is 13.8. The first-order chi connectivity index (χ1) is 11.5. The Morgan fingerprint density at radius 2 is 2.04 bits per heavy atom. The third kappa shape index (κ3) is 3.42. The summed E-state index contributed by atoms with van der Waals surface area (Å²) in [5.41, 5.74) is 1.72. The lowest BCUT2D eigenvalue weighted by Gasteiger charge is -2.01. The van der Waals surface area contributed by atoms with Crippen molar-refractivity contribution in [3.05, 3.63) is 69.5 Å². The molecule has 6 nitrogen and oxygen atoms in total. The van der Waals surface area contributed by atoms with Gasteiger partial charge in [-0.2, -0.15) is 14.9 Å². The molecule has 3 aromatic rings. The second kappa shape index (κ2) is 6.77. The predicted molar refractivity (Wildman–Crippen MR) is 94.3 cm³/mol. The minimum Gasteiger partial charge on any atom is -0.478 e. The number of nitrogens with zero attached hydrogens (tertiary/aromatic N) is 3. The molecule has 0 radical (unpaired) electrons. The molecule has 0 aliphatic rings. The summed E-state index contributed by atoms with van der Waals surface area (Å²) >= 11 is 11.2. The van der Waals surface area contributed by atoms with Gasteiger partial charge in [0.25, 0.3) is 0 Å². The number of rotatable bonds is 4. The Hall–Kier alpha value is -2.77. The number of nitrogens with one attached hydrogen (secondary N) is 1. The van der Waals surface area contributed by atoms with E-state index in [1.807, 2.05) is 12.1 Å². The van der Waals surface area contributed by atoms with Crippen LogP contribution in [-0.2, 0) is 0 Å². The third-order valence-corrected chi connectivity index (χ3v) is 3.71. The first kappa shape index (κ1) is 16.1. The van der Waals surface area contributed by atoms with Crippen molar-refractivity contribution in [3.63, 3.8) is 0 Å². The number of carbonyl (C=O) groups is 1. The van der Waals surface area contributed by atoms with Gasteiger partial charge >= 0.3 is 5.97 Å². The number of aromatic nitrogens is 3. The maximum absolute atomic E-state index is 10.9. The fourth-order valence-corrected chi connectivity index (χ4v) is 2.42. The number of carboxylic acid groups (broad SMARTS) is 1. The van der Waals surface area contributed by atoms with Crippen LogP contribution in [0.5, 0.6) is 0 Å². The molecule has 2 aromatic carbocycles. The van der Waals surface area contributed by atoms with Crippen LogP contribution in [0.25, 0.3) is 11.4 Å². The van der Waals surface area contributed by atoms with Crippen molar-refractivity contribution in [1.29, 1.82) is 0 Å². The van der Waals surface area contributed by atoms with Crippen LogP contribution in [0, 0.1) is 4.77 Å². The van der Waals surface area contributed by atoms with E-state index in [1.165, 1.54) is 16.8 Å². The van der Waals surface area contributed by atoms with Crippen molar-refractivity contribution in [3.8, 4) is 11.4 Å². The van der Waals surface area contributed by atoms with Gasteiger partial charge in [-0.05, 0) is 42.0 Å². The smallest absolute Gasteiger partial charge is 0.335 e. The number of aromatic amines is 1. The molecule has 0 atom stereocenters. The van der Waals surface area contributed by atoms with Crippen LogP contribution < -0.4 is 0 Å². The zero-order chi connectivity index (χ0) is 17.1. The van der Waals surface area contributed by atoms with Gasteiger partial charge < -0.3 is 5.11 Å². The van der Waals surface area contributed by atoms with E-state index in [0.29, 0.717) is 15.6 Å². The Balaban J connectivity index is 1.94. The minimum atomic E-state index is -0.973. The Bertz CT molecular complexity index is 976. The molecular formula is C16H11ClN4O2S. The number of aromatic carboxylic acids is 1. The van der Waals surface area contributed by atoms with Gasteiger partial charge in [-0.25, -0.2) is 9.89 Å². The summed E-state index contributed by atoms with van der Waals surface area (Å²) in [6, 6.07) is 13.5. The fourth-order valence-electron chi connectivity index (χ4n) is 2.05. The molecule has 0 aliphatic heterocycles. The Morgan fingerprint density at radius 3 is 2.71 bits per heavy atom. The maximum Gasteiger partial charge on any atom is 0.335 e. The van der Waals surface area contributed by atoms with Crippen LogP contribution >= 0.6 is 23.8 Å². The summed E-state index contributed by atoms with van der Waals surface area (Å²) in [6.07, 6.45) is 1.57. The average Bonchev–Trinajstić information content (AvgIpc) is 2.94. The molecule has 2 N–H and O–H groups in total. The molecule has 0 unspecified atom stereocenters. The number of benzene rings is 2. The quantitative estimate of drug-likeness (QED) is 0.548. The van der Waals surface area contributed by atoms with Gasteiger partial charge in [0.1, 0.15) is 0 Å². The largest absolute Gasteiger partial charge is 0.478 e. The van der Waals surface area contributed by atoms with Crippen molar-refractivity contribution < 1.29 is 9.90 Å². The standard InChI is InChI=1S/C16H11ClN4O2S/c17-13-3-1-2-12(8-13)14-19-20-16(24)21(14)18-9-10-4-6-11(7-5-10)15(22)23/h1-9H,(H,20,24)(H,22,23)/b18-9-. The van der Waals surface area contributed by atoms with E-state index in [0.717, 1.165) is 11.1 Å². The van der Waals surface area contributed by atoms with Crippen LogP contribution in [0.4, 0.5) is 0 Å².